The summed E-state index contributed by atoms with van der Waals surface area (Å²) in [7, 11) is 1.48. The van der Waals surface area contributed by atoms with E-state index in [4.69, 9.17) is 9.84 Å². The van der Waals surface area contributed by atoms with Gasteiger partial charge in [0.15, 0.2) is 0 Å². The van der Waals surface area contributed by atoms with Gasteiger partial charge in [-0.25, -0.2) is 0 Å². The van der Waals surface area contributed by atoms with Crippen molar-refractivity contribution in [3.63, 3.8) is 0 Å². The van der Waals surface area contributed by atoms with Crippen LogP contribution >= 0.6 is 0 Å². The molecule has 0 fully saturated rings. The average molecular weight is 302 g/mol. The van der Waals surface area contributed by atoms with Gasteiger partial charge in [0.2, 0.25) is 0 Å². The second-order valence-corrected chi connectivity index (χ2v) is 4.34. The SMILES string of the molecule is COc1cccc(C(=O)NNC(=O)c2ccc(O)cc2O)c1. The number of phenolic OH excluding ortho intramolecular Hbond substituents is 2. The van der Waals surface area contributed by atoms with E-state index < -0.39 is 17.6 Å². The van der Waals surface area contributed by atoms with E-state index in [1.807, 2.05) is 0 Å². The zero-order valence-corrected chi connectivity index (χ0v) is 11.7. The molecule has 0 heterocycles. The number of phenols is 2. The fraction of sp³-hybridized carbons (Fsp3) is 0.0667. The van der Waals surface area contributed by atoms with E-state index in [2.05, 4.69) is 10.9 Å². The summed E-state index contributed by atoms with van der Waals surface area (Å²) in [5, 5.41) is 18.7. The Kier molecular flexibility index (Phi) is 4.47. The van der Waals surface area contributed by atoms with Gasteiger partial charge in [-0.1, -0.05) is 6.07 Å². The van der Waals surface area contributed by atoms with E-state index in [0.29, 0.717) is 11.3 Å². The molecular formula is C15H14N2O5. The summed E-state index contributed by atoms with van der Waals surface area (Å²) < 4.78 is 5.00. The monoisotopic (exact) mass is 302 g/mol. The molecule has 0 aliphatic carbocycles. The third kappa shape index (κ3) is 3.45. The Morgan fingerprint density at radius 3 is 2.41 bits per heavy atom. The molecule has 0 spiro atoms. The fourth-order valence-corrected chi connectivity index (χ4v) is 1.73. The first kappa shape index (κ1) is 15.2. The number of methoxy groups -OCH3 is 1. The zero-order valence-electron chi connectivity index (χ0n) is 11.7. The lowest BCUT2D eigenvalue weighted by Gasteiger charge is -2.09. The van der Waals surface area contributed by atoms with Crippen LogP contribution in [0.3, 0.4) is 0 Å². The van der Waals surface area contributed by atoms with E-state index in [1.165, 1.54) is 25.3 Å². The van der Waals surface area contributed by atoms with Crippen molar-refractivity contribution in [3.8, 4) is 17.2 Å². The van der Waals surface area contributed by atoms with E-state index in [9.17, 15) is 14.7 Å². The molecule has 0 saturated heterocycles. The van der Waals surface area contributed by atoms with E-state index in [-0.39, 0.29) is 11.3 Å². The molecule has 0 radical (unpaired) electrons. The number of hydrogen-bond acceptors (Lipinski definition) is 5. The summed E-state index contributed by atoms with van der Waals surface area (Å²) in [6.45, 7) is 0. The van der Waals surface area contributed by atoms with Crippen molar-refractivity contribution in [1.29, 1.82) is 0 Å². The summed E-state index contributed by atoms with van der Waals surface area (Å²) in [5.74, 6) is -1.31. The lowest BCUT2D eigenvalue weighted by molar-refractivity contribution is 0.0845. The number of amides is 2. The Morgan fingerprint density at radius 2 is 1.73 bits per heavy atom. The number of hydrazine groups is 1. The molecule has 0 bridgehead atoms. The third-order valence-corrected chi connectivity index (χ3v) is 2.85. The minimum atomic E-state index is -0.714. The van der Waals surface area contributed by atoms with Crippen LogP contribution in [0.15, 0.2) is 42.5 Å². The minimum absolute atomic E-state index is 0.0799. The van der Waals surface area contributed by atoms with E-state index in [0.717, 1.165) is 6.07 Å². The normalized spacial score (nSPS) is 9.86. The number of ether oxygens (including phenoxy) is 1. The molecular weight excluding hydrogens is 288 g/mol. The van der Waals surface area contributed by atoms with Crippen molar-refractivity contribution in [2.24, 2.45) is 0 Å². The molecule has 0 atom stereocenters. The van der Waals surface area contributed by atoms with Gasteiger partial charge < -0.3 is 14.9 Å². The molecule has 2 aromatic carbocycles. The first-order chi connectivity index (χ1) is 10.5. The van der Waals surface area contributed by atoms with Gasteiger partial charge in [-0.2, -0.15) is 0 Å². The molecule has 0 aliphatic rings. The van der Waals surface area contributed by atoms with Crippen LogP contribution < -0.4 is 15.6 Å². The lowest BCUT2D eigenvalue weighted by atomic mass is 10.2. The summed E-state index contributed by atoms with van der Waals surface area (Å²) >= 11 is 0. The molecule has 0 aliphatic heterocycles. The van der Waals surface area contributed by atoms with Crippen molar-refractivity contribution >= 4 is 11.8 Å². The van der Waals surface area contributed by atoms with Gasteiger partial charge >= 0.3 is 0 Å². The van der Waals surface area contributed by atoms with Crippen molar-refractivity contribution in [2.45, 2.75) is 0 Å². The maximum Gasteiger partial charge on any atom is 0.273 e. The molecule has 2 amide bonds. The number of carbonyl (C=O) groups excluding carboxylic acids is 2. The predicted molar refractivity (Wildman–Crippen MR) is 77.7 cm³/mol. The van der Waals surface area contributed by atoms with Crippen LogP contribution in [0, 0.1) is 0 Å². The first-order valence-electron chi connectivity index (χ1n) is 6.28. The third-order valence-electron chi connectivity index (χ3n) is 2.85. The summed E-state index contributed by atoms with van der Waals surface area (Å²) in [5.41, 5.74) is 4.62. The number of carbonyl (C=O) groups is 2. The molecule has 2 aromatic rings. The quantitative estimate of drug-likeness (QED) is 0.637. The number of rotatable bonds is 3. The highest BCUT2D eigenvalue weighted by Gasteiger charge is 2.13. The molecule has 4 N–H and O–H groups in total. The van der Waals surface area contributed by atoms with Crippen LogP contribution in [0.25, 0.3) is 0 Å². The summed E-state index contributed by atoms with van der Waals surface area (Å²) in [6.07, 6.45) is 0. The van der Waals surface area contributed by atoms with Crippen LogP contribution in [-0.4, -0.2) is 29.1 Å². The topological polar surface area (TPSA) is 108 Å². The molecule has 0 saturated carbocycles. The summed E-state index contributed by atoms with van der Waals surface area (Å²) in [4.78, 5) is 23.7. The highest BCUT2D eigenvalue weighted by Crippen LogP contribution is 2.22. The highest BCUT2D eigenvalue weighted by atomic mass is 16.5. The minimum Gasteiger partial charge on any atom is -0.508 e. The standard InChI is InChI=1S/C15H14N2O5/c1-22-11-4-2-3-9(7-11)14(20)16-17-15(21)12-6-5-10(18)8-13(12)19/h2-8,18-19H,1H3,(H,16,20)(H,17,21). The molecule has 114 valence electrons. The summed E-state index contributed by atoms with van der Waals surface area (Å²) in [6, 6.07) is 9.90. The van der Waals surface area contributed by atoms with Gasteiger partial charge in [-0.15, -0.1) is 0 Å². The van der Waals surface area contributed by atoms with Crippen molar-refractivity contribution < 1.29 is 24.5 Å². The largest absolute Gasteiger partial charge is 0.508 e. The Bertz CT molecular complexity index is 715. The van der Waals surface area contributed by atoms with E-state index in [1.54, 1.807) is 18.2 Å². The van der Waals surface area contributed by atoms with Crippen LogP contribution in [0.1, 0.15) is 20.7 Å². The molecule has 7 nitrogen and oxygen atoms in total. The van der Waals surface area contributed by atoms with Crippen LogP contribution in [0.2, 0.25) is 0 Å². The highest BCUT2D eigenvalue weighted by molar-refractivity contribution is 6.00. The predicted octanol–water partition coefficient (Wildman–Crippen LogP) is 1.18. The molecule has 7 heteroatoms. The first-order valence-corrected chi connectivity index (χ1v) is 6.28. The Hall–Kier alpha value is -3.22. The van der Waals surface area contributed by atoms with Crippen molar-refractivity contribution in [3.05, 3.63) is 53.6 Å². The molecule has 22 heavy (non-hydrogen) atoms. The molecule has 2 rings (SSSR count). The van der Waals surface area contributed by atoms with Crippen molar-refractivity contribution in [1.82, 2.24) is 10.9 Å². The number of hydrogen-bond donors (Lipinski definition) is 4. The number of benzene rings is 2. The second-order valence-electron chi connectivity index (χ2n) is 4.34. The Labute approximate surface area is 126 Å². The number of nitrogens with one attached hydrogen (secondary N) is 2. The zero-order chi connectivity index (χ0) is 16.1. The number of aromatic hydroxyl groups is 2. The van der Waals surface area contributed by atoms with E-state index >= 15 is 0 Å². The van der Waals surface area contributed by atoms with Gasteiger partial charge in [0, 0.05) is 11.6 Å². The maximum absolute atomic E-state index is 11.9. The van der Waals surface area contributed by atoms with Gasteiger partial charge in [-0.05, 0) is 30.3 Å². The van der Waals surface area contributed by atoms with Crippen LogP contribution in [0.5, 0.6) is 17.2 Å². The molecule has 0 aromatic heterocycles. The van der Waals surface area contributed by atoms with Crippen molar-refractivity contribution in [2.75, 3.05) is 7.11 Å². The maximum atomic E-state index is 11.9. The fourth-order valence-electron chi connectivity index (χ4n) is 1.73. The Balaban J connectivity index is 2.02. The van der Waals surface area contributed by atoms with Gasteiger partial charge in [0.25, 0.3) is 11.8 Å². The Morgan fingerprint density at radius 1 is 1.00 bits per heavy atom. The average Bonchev–Trinajstić information content (AvgIpc) is 2.52. The van der Waals surface area contributed by atoms with Gasteiger partial charge in [-0.3, -0.25) is 20.4 Å². The lowest BCUT2D eigenvalue weighted by Crippen LogP contribution is -2.41. The van der Waals surface area contributed by atoms with Crippen LogP contribution in [-0.2, 0) is 0 Å². The van der Waals surface area contributed by atoms with Gasteiger partial charge in [0.1, 0.15) is 17.2 Å². The van der Waals surface area contributed by atoms with Crippen LogP contribution in [0.4, 0.5) is 0 Å². The van der Waals surface area contributed by atoms with Gasteiger partial charge in [0.05, 0.1) is 12.7 Å². The second kappa shape index (κ2) is 6.49. The molecule has 0 unspecified atom stereocenters. The smallest absolute Gasteiger partial charge is 0.273 e.